The molecule has 0 fully saturated rings. The van der Waals surface area contributed by atoms with E-state index in [-0.39, 0.29) is 19.1 Å². The molecule has 3 atom stereocenters. The molecular formula is C38H78N2O6P+. The smallest absolute Gasteiger partial charge is 0.387 e. The Bertz CT molecular complexity index is 754. The highest BCUT2D eigenvalue weighted by Crippen LogP contribution is 2.43. The molecule has 0 aromatic heterocycles. The predicted octanol–water partition coefficient (Wildman–Crippen LogP) is 9.73. The van der Waals surface area contributed by atoms with E-state index in [1.54, 1.807) is 6.08 Å². The molecule has 0 spiro atoms. The van der Waals surface area contributed by atoms with Crippen molar-refractivity contribution in [3.05, 3.63) is 12.2 Å². The molecule has 0 rings (SSSR count). The van der Waals surface area contributed by atoms with Gasteiger partial charge in [-0.3, -0.25) is 13.8 Å². The number of phosphoric acid groups is 1. The van der Waals surface area contributed by atoms with Crippen LogP contribution >= 0.6 is 7.82 Å². The predicted molar refractivity (Wildman–Crippen MR) is 197 cm³/mol. The van der Waals surface area contributed by atoms with Crippen LogP contribution in [0.25, 0.3) is 0 Å². The Morgan fingerprint density at radius 3 is 1.51 bits per heavy atom. The third-order valence-electron chi connectivity index (χ3n) is 8.89. The molecule has 280 valence electrons. The number of rotatable bonds is 37. The van der Waals surface area contributed by atoms with Gasteiger partial charge in [0.05, 0.1) is 25.3 Å². The van der Waals surface area contributed by atoms with Crippen molar-refractivity contribution >= 4 is 13.7 Å². The van der Waals surface area contributed by atoms with Crippen molar-refractivity contribution in [2.75, 3.05) is 19.8 Å². The first kappa shape index (κ1) is 46.2. The molecule has 0 radical (unpaired) electrons. The summed E-state index contributed by atoms with van der Waals surface area (Å²) in [4.78, 5) is 22.6. The fraction of sp³-hybridized carbons (Fsp3) is 0.921. The van der Waals surface area contributed by atoms with Gasteiger partial charge < -0.3 is 21.1 Å². The Balaban J connectivity index is 4.26. The summed E-state index contributed by atoms with van der Waals surface area (Å²) in [5, 5.41) is 13.6. The number of aliphatic hydroxyl groups excluding tert-OH is 1. The molecule has 0 aliphatic carbocycles. The van der Waals surface area contributed by atoms with Gasteiger partial charge >= 0.3 is 7.82 Å². The fourth-order valence-corrected chi connectivity index (χ4v) is 6.63. The number of carbonyl (C=O) groups is 1. The lowest BCUT2D eigenvalue weighted by molar-refractivity contribution is -0.371. The number of aliphatic hydroxyl groups is 1. The van der Waals surface area contributed by atoms with E-state index in [0.717, 1.165) is 38.5 Å². The first-order valence-electron chi connectivity index (χ1n) is 19.9. The molecule has 0 bridgehead atoms. The summed E-state index contributed by atoms with van der Waals surface area (Å²) in [5.74, 6) is -0.183. The number of allylic oxidation sites excluding steroid dienone is 1. The van der Waals surface area contributed by atoms with Crippen LogP contribution in [0, 0.1) is 0 Å². The van der Waals surface area contributed by atoms with Gasteiger partial charge in [-0.15, -0.1) is 0 Å². The zero-order valence-corrected chi connectivity index (χ0v) is 31.8. The third-order valence-corrected chi connectivity index (χ3v) is 9.87. The average molecular weight is 690 g/mol. The van der Waals surface area contributed by atoms with Crippen LogP contribution in [-0.4, -0.2) is 47.8 Å². The van der Waals surface area contributed by atoms with Crippen molar-refractivity contribution in [1.82, 2.24) is 5.32 Å². The van der Waals surface area contributed by atoms with Crippen LogP contribution in [0.5, 0.6) is 0 Å². The molecule has 6 N–H and O–H groups in total. The van der Waals surface area contributed by atoms with Crippen molar-refractivity contribution in [2.24, 2.45) is 0 Å². The molecule has 0 aliphatic rings. The Hall–Kier alpha value is -0.760. The number of hydrogen-bond acceptors (Lipinski definition) is 5. The Morgan fingerprint density at radius 1 is 0.681 bits per heavy atom. The molecule has 0 aliphatic heterocycles. The maximum Gasteiger partial charge on any atom is 0.472 e. The van der Waals surface area contributed by atoms with Crippen LogP contribution in [0.1, 0.15) is 194 Å². The second-order valence-corrected chi connectivity index (χ2v) is 15.0. The summed E-state index contributed by atoms with van der Waals surface area (Å²) in [7, 11) is -4.29. The van der Waals surface area contributed by atoms with Gasteiger partial charge in [0.15, 0.2) is 0 Å². The SMILES string of the molecule is CCCCCCCCCCCCC/C=C/[C@@H](O)[C@H](COP(=O)(O)OCC[NH3+])NC(=O)CCCCCCCCCCCCCCCCC. The molecule has 0 heterocycles. The van der Waals surface area contributed by atoms with E-state index < -0.39 is 20.0 Å². The summed E-state index contributed by atoms with van der Waals surface area (Å²) in [6, 6.07) is -0.837. The first-order chi connectivity index (χ1) is 22.9. The van der Waals surface area contributed by atoms with Gasteiger partial charge in [-0.25, -0.2) is 4.57 Å². The Labute approximate surface area is 290 Å². The van der Waals surface area contributed by atoms with E-state index in [9.17, 15) is 19.4 Å². The maximum absolute atomic E-state index is 12.7. The van der Waals surface area contributed by atoms with Crippen molar-refractivity contribution in [3.8, 4) is 0 Å². The van der Waals surface area contributed by atoms with Gasteiger partial charge in [0.1, 0.15) is 6.61 Å². The lowest BCUT2D eigenvalue weighted by Crippen LogP contribution is -2.52. The molecule has 0 saturated carbocycles. The number of amides is 1. The lowest BCUT2D eigenvalue weighted by Gasteiger charge is -2.23. The second-order valence-electron chi connectivity index (χ2n) is 13.6. The van der Waals surface area contributed by atoms with E-state index >= 15 is 0 Å². The third kappa shape index (κ3) is 33.5. The van der Waals surface area contributed by atoms with Crippen molar-refractivity contribution < 1.29 is 34.1 Å². The maximum atomic E-state index is 12.7. The highest BCUT2D eigenvalue weighted by atomic mass is 31.2. The van der Waals surface area contributed by atoms with Gasteiger partial charge in [-0.1, -0.05) is 180 Å². The second kappa shape index (κ2) is 35.1. The normalized spacial score (nSPS) is 14.4. The van der Waals surface area contributed by atoms with Gasteiger partial charge in [0, 0.05) is 6.42 Å². The largest absolute Gasteiger partial charge is 0.472 e. The van der Waals surface area contributed by atoms with Crippen LogP contribution < -0.4 is 11.1 Å². The topological polar surface area (TPSA) is 133 Å². The molecule has 9 heteroatoms. The summed E-state index contributed by atoms with van der Waals surface area (Å²) in [6.07, 6.45) is 36.9. The fourth-order valence-electron chi connectivity index (χ4n) is 5.85. The summed E-state index contributed by atoms with van der Waals surface area (Å²) < 4.78 is 22.2. The van der Waals surface area contributed by atoms with E-state index in [1.165, 1.54) is 135 Å². The Morgan fingerprint density at radius 2 is 1.09 bits per heavy atom. The van der Waals surface area contributed by atoms with Gasteiger partial charge in [-0.05, 0) is 19.3 Å². The van der Waals surface area contributed by atoms with E-state index in [2.05, 4.69) is 24.9 Å². The van der Waals surface area contributed by atoms with Gasteiger partial charge in [-0.2, -0.15) is 0 Å². The van der Waals surface area contributed by atoms with Crippen molar-refractivity contribution in [2.45, 2.75) is 206 Å². The lowest BCUT2D eigenvalue weighted by atomic mass is 10.0. The summed E-state index contributed by atoms with van der Waals surface area (Å²) in [6.45, 7) is 4.52. The van der Waals surface area contributed by atoms with Crippen molar-refractivity contribution in [3.63, 3.8) is 0 Å². The molecule has 47 heavy (non-hydrogen) atoms. The zero-order valence-electron chi connectivity index (χ0n) is 30.9. The van der Waals surface area contributed by atoms with Crippen LogP contribution in [-0.2, 0) is 18.4 Å². The highest BCUT2D eigenvalue weighted by molar-refractivity contribution is 7.47. The van der Waals surface area contributed by atoms with Crippen LogP contribution in [0.4, 0.5) is 0 Å². The van der Waals surface area contributed by atoms with Gasteiger partial charge in [0.25, 0.3) is 0 Å². The summed E-state index contributed by atoms with van der Waals surface area (Å²) >= 11 is 0. The molecule has 1 unspecified atom stereocenters. The van der Waals surface area contributed by atoms with Crippen LogP contribution in [0.2, 0.25) is 0 Å². The van der Waals surface area contributed by atoms with E-state index in [4.69, 9.17) is 9.05 Å². The first-order valence-corrected chi connectivity index (χ1v) is 21.4. The minimum atomic E-state index is -4.29. The van der Waals surface area contributed by atoms with Crippen molar-refractivity contribution in [1.29, 1.82) is 0 Å². The summed E-state index contributed by atoms with van der Waals surface area (Å²) in [5.41, 5.74) is 3.60. The number of phosphoric ester groups is 1. The van der Waals surface area contributed by atoms with Crippen LogP contribution in [0.15, 0.2) is 12.2 Å². The number of nitrogens with one attached hydrogen (secondary N) is 1. The number of quaternary nitrogens is 1. The molecular weight excluding hydrogens is 611 g/mol. The van der Waals surface area contributed by atoms with E-state index in [0.29, 0.717) is 13.0 Å². The molecule has 0 saturated heterocycles. The van der Waals surface area contributed by atoms with Gasteiger partial charge in [0.2, 0.25) is 5.91 Å². The number of hydrogen-bond donors (Lipinski definition) is 4. The quantitative estimate of drug-likeness (QED) is 0.0292. The standard InChI is InChI=1S/C38H77N2O6P/c1-3-5-7-9-11-13-15-17-18-20-22-24-26-28-30-32-38(42)40-36(35-46-47(43,44)45-34-33-39)37(41)31-29-27-25-23-21-19-16-14-12-10-8-6-4-2/h29,31,36-37,41H,3-28,30,32-35,39H2,1-2H3,(H,40,42)(H,43,44)/p+1/b31-29+/t36-,37+/m0/s1. The average Bonchev–Trinajstić information content (AvgIpc) is 3.05. The number of unbranched alkanes of at least 4 members (excludes halogenated alkanes) is 25. The monoisotopic (exact) mass is 690 g/mol. The number of carbonyl (C=O) groups excluding carboxylic acids is 1. The minimum absolute atomic E-state index is 0.00852. The molecule has 0 aromatic carbocycles. The Kier molecular flexibility index (Phi) is 34.5. The molecule has 8 nitrogen and oxygen atoms in total. The van der Waals surface area contributed by atoms with E-state index in [1.807, 2.05) is 6.08 Å². The highest BCUT2D eigenvalue weighted by Gasteiger charge is 2.27. The molecule has 1 amide bonds. The zero-order chi connectivity index (χ0) is 34.7. The van der Waals surface area contributed by atoms with Crippen LogP contribution in [0.3, 0.4) is 0 Å². The molecule has 0 aromatic rings. The minimum Gasteiger partial charge on any atom is -0.387 e.